The fraction of sp³-hybridized carbons (Fsp3) is 0. The first-order chi connectivity index (χ1) is 4.83. The van der Waals surface area contributed by atoms with Crippen LogP contribution in [0.3, 0.4) is 0 Å². The van der Waals surface area contributed by atoms with E-state index in [1.807, 2.05) is 0 Å². The van der Waals surface area contributed by atoms with Gasteiger partial charge in [-0.25, -0.2) is 4.98 Å². The molecule has 0 bridgehead atoms. The van der Waals surface area contributed by atoms with Crippen molar-refractivity contribution in [3.8, 4) is 0 Å². The average Bonchev–Trinajstić information content (AvgIpc) is 1.95. The van der Waals surface area contributed by atoms with E-state index in [0.717, 1.165) is 0 Å². The highest BCUT2D eigenvalue weighted by atomic mass is 35.5. The van der Waals surface area contributed by atoms with E-state index in [1.165, 1.54) is 12.4 Å². The Labute approximate surface area is 63.0 Å². The molecule has 52 valence electrons. The Hall–Kier alpha value is -1.09. The van der Waals surface area contributed by atoms with Gasteiger partial charge in [-0.1, -0.05) is 16.8 Å². The molecule has 1 N–H and O–H groups in total. The second kappa shape index (κ2) is 3.17. The van der Waals surface area contributed by atoms with Crippen LogP contribution in [0.4, 0.5) is 0 Å². The third-order valence-corrected chi connectivity index (χ3v) is 1.18. The number of nitrogens with zero attached hydrogens (tertiary/aromatic N) is 2. The van der Waals surface area contributed by atoms with E-state index in [4.69, 9.17) is 16.8 Å². The van der Waals surface area contributed by atoms with Gasteiger partial charge >= 0.3 is 0 Å². The molecule has 3 nitrogen and oxygen atoms in total. The Balaban J connectivity index is 2.89. The van der Waals surface area contributed by atoms with Crippen LogP contribution in [0.15, 0.2) is 23.5 Å². The molecule has 4 heteroatoms. The summed E-state index contributed by atoms with van der Waals surface area (Å²) in [4.78, 5) is 3.76. The Morgan fingerprint density at radius 1 is 1.60 bits per heavy atom. The molecule has 0 aliphatic rings. The predicted molar refractivity (Wildman–Crippen MR) is 38.6 cm³/mol. The van der Waals surface area contributed by atoms with Crippen LogP contribution in [0.1, 0.15) is 5.56 Å². The molecule has 0 aromatic carbocycles. The van der Waals surface area contributed by atoms with E-state index in [0.29, 0.717) is 10.7 Å². The van der Waals surface area contributed by atoms with E-state index in [-0.39, 0.29) is 0 Å². The van der Waals surface area contributed by atoms with Gasteiger partial charge in [0.2, 0.25) is 0 Å². The lowest BCUT2D eigenvalue weighted by Crippen LogP contribution is -1.81. The Morgan fingerprint density at radius 3 is 2.90 bits per heavy atom. The molecular formula is C6H5ClN2O. The number of hydrogen-bond acceptors (Lipinski definition) is 3. The lowest BCUT2D eigenvalue weighted by molar-refractivity contribution is 0.322. The first-order valence-electron chi connectivity index (χ1n) is 2.62. The van der Waals surface area contributed by atoms with Crippen LogP contribution in [0.2, 0.25) is 5.15 Å². The fourth-order valence-corrected chi connectivity index (χ4v) is 0.642. The van der Waals surface area contributed by atoms with Crippen LogP contribution in [-0.4, -0.2) is 16.4 Å². The van der Waals surface area contributed by atoms with Crippen molar-refractivity contribution >= 4 is 17.8 Å². The molecule has 0 aliphatic heterocycles. The van der Waals surface area contributed by atoms with Crippen molar-refractivity contribution in [1.82, 2.24) is 4.98 Å². The third-order valence-electron chi connectivity index (χ3n) is 0.957. The molecule has 10 heavy (non-hydrogen) atoms. The van der Waals surface area contributed by atoms with Gasteiger partial charge in [0.15, 0.2) is 0 Å². The van der Waals surface area contributed by atoms with E-state index in [1.54, 1.807) is 12.1 Å². The Morgan fingerprint density at radius 2 is 2.40 bits per heavy atom. The number of oxime groups is 1. The van der Waals surface area contributed by atoms with Crippen LogP contribution in [0, 0.1) is 0 Å². The molecule has 0 saturated carbocycles. The SMILES string of the molecule is O/N=C/c1ccc(Cl)nc1. The zero-order chi connectivity index (χ0) is 7.40. The minimum absolute atomic E-state index is 0.426. The van der Waals surface area contributed by atoms with Crippen molar-refractivity contribution in [3.63, 3.8) is 0 Å². The van der Waals surface area contributed by atoms with Gasteiger partial charge in [-0.2, -0.15) is 0 Å². The lowest BCUT2D eigenvalue weighted by atomic mass is 10.3. The lowest BCUT2D eigenvalue weighted by Gasteiger charge is -1.88. The second-order valence-electron chi connectivity index (χ2n) is 1.66. The summed E-state index contributed by atoms with van der Waals surface area (Å²) < 4.78 is 0. The first-order valence-corrected chi connectivity index (χ1v) is 2.99. The molecule has 1 aromatic heterocycles. The van der Waals surface area contributed by atoms with Gasteiger partial charge < -0.3 is 5.21 Å². The fourth-order valence-electron chi connectivity index (χ4n) is 0.530. The molecule has 0 atom stereocenters. The number of aromatic nitrogens is 1. The van der Waals surface area contributed by atoms with Crippen LogP contribution in [0.5, 0.6) is 0 Å². The third kappa shape index (κ3) is 1.70. The molecule has 1 aromatic rings. The number of rotatable bonds is 1. The summed E-state index contributed by atoms with van der Waals surface area (Å²) in [5.41, 5.74) is 0.715. The van der Waals surface area contributed by atoms with Gasteiger partial charge in [-0.3, -0.25) is 0 Å². The molecule has 1 rings (SSSR count). The topological polar surface area (TPSA) is 45.5 Å². The van der Waals surface area contributed by atoms with Gasteiger partial charge in [0.1, 0.15) is 5.15 Å². The van der Waals surface area contributed by atoms with Crippen molar-refractivity contribution in [2.24, 2.45) is 5.16 Å². The number of pyridine rings is 1. The molecule has 0 amide bonds. The van der Waals surface area contributed by atoms with Crippen molar-refractivity contribution in [2.75, 3.05) is 0 Å². The van der Waals surface area contributed by atoms with Crippen LogP contribution < -0.4 is 0 Å². The summed E-state index contributed by atoms with van der Waals surface area (Å²) >= 11 is 5.49. The maximum Gasteiger partial charge on any atom is 0.129 e. The zero-order valence-corrected chi connectivity index (χ0v) is 5.78. The summed E-state index contributed by atoms with van der Waals surface area (Å²) in [6, 6.07) is 3.33. The highest BCUT2D eigenvalue weighted by molar-refractivity contribution is 6.29. The number of halogens is 1. The molecule has 0 unspecified atom stereocenters. The van der Waals surface area contributed by atoms with E-state index < -0.39 is 0 Å². The van der Waals surface area contributed by atoms with Crippen molar-refractivity contribution in [2.45, 2.75) is 0 Å². The van der Waals surface area contributed by atoms with Crippen LogP contribution in [0.25, 0.3) is 0 Å². The smallest absolute Gasteiger partial charge is 0.129 e. The van der Waals surface area contributed by atoms with Gasteiger partial charge in [-0.05, 0) is 12.1 Å². The highest BCUT2D eigenvalue weighted by Gasteiger charge is 1.87. The van der Waals surface area contributed by atoms with Crippen molar-refractivity contribution in [1.29, 1.82) is 0 Å². The molecular weight excluding hydrogens is 152 g/mol. The minimum Gasteiger partial charge on any atom is -0.411 e. The van der Waals surface area contributed by atoms with Gasteiger partial charge in [-0.15, -0.1) is 0 Å². The summed E-state index contributed by atoms with van der Waals surface area (Å²) in [5.74, 6) is 0. The summed E-state index contributed by atoms with van der Waals surface area (Å²) in [5, 5.41) is 11.4. The Kier molecular flexibility index (Phi) is 2.23. The van der Waals surface area contributed by atoms with Gasteiger partial charge in [0.25, 0.3) is 0 Å². The molecule has 1 heterocycles. The van der Waals surface area contributed by atoms with Gasteiger partial charge in [0, 0.05) is 11.8 Å². The maximum absolute atomic E-state index is 8.10. The van der Waals surface area contributed by atoms with E-state index in [2.05, 4.69) is 10.1 Å². The van der Waals surface area contributed by atoms with E-state index >= 15 is 0 Å². The zero-order valence-electron chi connectivity index (χ0n) is 5.03. The molecule has 0 aliphatic carbocycles. The second-order valence-corrected chi connectivity index (χ2v) is 2.05. The standard InChI is InChI=1S/C6H5ClN2O/c7-6-2-1-5(3-8-6)4-9-10/h1-4,10H/b9-4+. The molecule has 0 radical (unpaired) electrons. The summed E-state index contributed by atoms with van der Waals surface area (Å²) in [6.07, 6.45) is 2.80. The predicted octanol–water partition coefficient (Wildman–Crippen LogP) is 1.54. The van der Waals surface area contributed by atoms with E-state index in [9.17, 15) is 0 Å². The quantitative estimate of drug-likeness (QED) is 0.290. The first kappa shape index (κ1) is 7.02. The van der Waals surface area contributed by atoms with Crippen molar-refractivity contribution < 1.29 is 5.21 Å². The maximum atomic E-state index is 8.10. The molecule has 0 saturated heterocycles. The summed E-state index contributed by atoms with van der Waals surface area (Å²) in [7, 11) is 0. The largest absolute Gasteiger partial charge is 0.411 e. The number of hydrogen-bond donors (Lipinski definition) is 1. The summed E-state index contributed by atoms with van der Waals surface area (Å²) in [6.45, 7) is 0. The molecule has 0 fully saturated rings. The van der Waals surface area contributed by atoms with Crippen molar-refractivity contribution in [3.05, 3.63) is 29.0 Å². The minimum atomic E-state index is 0.426. The Bertz CT molecular complexity index is 232. The van der Waals surface area contributed by atoms with Crippen LogP contribution >= 0.6 is 11.6 Å². The monoisotopic (exact) mass is 156 g/mol. The van der Waals surface area contributed by atoms with Gasteiger partial charge in [0.05, 0.1) is 6.21 Å². The molecule has 0 spiro atoms. The highest BCUT2D eigenvalue weighted by Crippen LogP contribution is 2.02. The average molecular weight is 157 g/mol. The normalized spacial score (nSPS) is 10.5. The van der Waals surface area contributed by atoms with Crippen LogP contribution in [-0.2, 0) is 0 Å².